The Balaban J connectivity index is 0.00000200. The molecule has 2 aromatic rings. The van der Waals surface area contributed by atoms with E-state index < -0.39 is 0 Å². The zero-order chi connectivity index (χ0) is 13.7. The highest BCUT2D eigenvalue weighted by atomic mass is 16.1. The number of amides is 1. The lowest BCUT2D eigenvalue weighted by Gasteiger charge is -2.08. The molecule has 0 radical (unpaired) electrons. The summed E-state index contributed by atoms with van der Waals surface area (Å²) in [7, 11) is 0. The Labute approximate surface area is 116 Å². The Kier molecular flexibility index (Phi) is 4.35. The zero-order valence-electron chi connectivity index (χ0n) is 11.4. The highest BCUT2D eigenvalue weighted by molar-refractivity contribution is 5.94. The third-order valence-corrected chi connectivity index (χ3v) is 3.14. The molecule has 0 bridgehead atoms. The quantitative estimate of drug-likeness (QED) is 0.879. The maximum atomic E-state index is 12.0. The molecule has 2 nitrogen and oxygen atoms in total. The first-order valence-electron chi connectivity index (χ1n) is 6.59. The molecule has 0 atom stereocenters. The van der Waals surface area contributed by atoms with E-state index in [1.165, 1.54) is 5.56 Å². The fourth-order valence-corrected chi connectivity index (χ4v) is 1.90. The van der Waals surface area contributed by atoms with Crippen molar-refractivity contribution in [2.24, 2.45) is 0 Å². The summed E-state index contributed by atoms with van der Waals surface area (Å²) >= 11 is 0. The molecule has 0 aliphatic rings. The molecule has 1 amide bonds. The van der Waals surface area contributed by atoms with Gasteiger partial charge >= 0.3 is 0 Å². The van der Waals surface area contributed by atoms with Gasteiger partial charge in [0.1, 0.15) is 0 Å². The van der Waals surface area contributed by atoms with Crippen molar-refractivity contribution in [2.45, 2.75) is 26.3 Å². The van der Waals surface area contributed by atoms with Crippen LogP contribution in [0.1, 0.15) is 42.7 Å². The Hall–Kier alpha value is -2.09. The van der Waals surface area contributed by atoms with Crippen molar-refractivity contribution in [2.75, 3.05) is 0 Å². The summed E-state index contributed by atoms with van der Waals surface area (Å²) in [5.74, 6) is 0.459. The van der Waals surface area contributed by atoms with Crippen LogP contribution in [0.3, 0.4) is 0 Å². The third-order valence-electron chi connectivity index (χ3n) is 3.14. The van der Waals surface area contributed by atoms with Crippen LogP contribution in [0, 0.1) is 0 Å². The van der Waals surface area contributed by atoms with Crippen molar-refractivity contribution in [1.29, 1.82) is 0 Å². The summed E-state index contributed by atoms with van der Waals surface area (Å²) in [4.78, 5) is 12.0. The molecule has 2 rings (SSSR count). The summed E-state index contributed by atoms with van der Waals surface area (Å²) in [6.45, 7) is 4.85. The van der Waals surface area contributed by atoms with Crippen molar-refractivity contribution in [3.05, 3.63) is 71.3 Å². The lowest BCUT2D eigenvalue weighted by molar-refractivity contribution is 0.0951. The van der Waals surface area contributed by atoms with E-state index >= 15 is 0 Å². The highest BCUT2D eigenvalue weighted by Crippen LogP contribution is 2.14. The average Bonchev–Trinajstić information content (AvgIpc) is 2.46. The second-order valence-electron chi connectivity index (χ2n) is 4.94. The van der Waals surface area contributed by atoms with Gasteiger partial charge in [-0.1, -0.05) is 56.3 Å². The van der Waals surface area contributed by atoms with Crippen molar-refractivity contribution in [1.82, 2.24) is 5.32 Å². The molecule has 0 spiro atoms. The Morgan fingerprint density at radius 1 is 1.05 bits per heavy atom. The molecule has 0 saturated heterocycles. The van der Waals surface area contributed by atoms with E-state index in [1.807, 2.05) is 54.6 Å². The summed E-state index contributed by atoms with van der Waals surface area (Å²) in [6, 6.07) is 17.7. The van der Waals surface area contributed by atoms with Gasteiger partial charge in [0.2, 0.25) is 0 Å². The van der Waals surface area contributed by atoms with E-state index in [4.69, 9.17) is 0 Å². The van der Waals surface area contributed by atoms with Gasteiger partial charge in [-0.25, -0.2) is 0 Å². The maximum Gasteiger partial charge on any atom is 0.251 e. The fraction of sp³-hybridized carbons (Fsp3) is 0.235. The SMILES string of the molecule is CC(C)c1ccc(C(=O)NCc2ccccc2)cc1.[HH]. The number of rotatable bonds is 4. The predicted octanol–water partition coefficient (Wildman–Crippen LogP) is 3.99. The number of carbonyl (C=O) groups excluding carboxylic acids is 1. The van der Waals surface area contributed by atoms with Gasteiger partial charge in [-0.15, -0.1) is 0 Å². The second kappa shape index (κ2) is 6.19. The van der Waals surface area contributed by atoms with Crippen LogP contribution < -0.4 is 5.32 Å². The summed E-state index contributed by atoms with van der Waals surface area (Å²) in [5.41, 5.74) is 3.06. The molecule has 100 valence electrons. The molecule has 2 aromatic carbocycles. The van der Waals surface area contributed by atoms with Gasteiger partial charge in [0.05, 0.1) is 0 Å². The third kappa shape index (κ3) is 3.68. The number of benzene rings is 2. The van der Waals surface area contributed by atoms with Gasteiger partial charge in [0.25, 0.3) is 5.91 Å². The first kappa shape index (κ1) is 13.3. The van der Waals surface area contributed by atoms with Gasteiger partial charge < -0.3 is 5.32 Å². The topological polar surface area (TPSA) is 29.1 Å². The van der Waals surface area contributed by atoms with Crippen LogP contribution >= 0.6 is 0 Å². The molecule has 0 aromatic heterocycles. The molecule has 0 aliphatic heterocycles. The smallest absolute Gasteiger partial charge is 0.251 e. The van der Waals surface area contributed by atoms with Crippen molar-refractivity contribution < 1.29 is 6.22 Å². The van der Waals surface area contributed by atoms with E-state index in [0.29, 0.717) is 18.0 Å². The normalized spacial score (nSPS) is 10.5. The number of nitrogens with one attached hydrogen (secondary N) is 1. The molecule has 0 fully saturated rings. The van der Waals surface area contributed by atoms with E-state index in [2.05, 4.69) is 19.2 Å². The number of hydrogen-bond donors (Lipinski definition) is 1. The van der Waals surface area contributed by atoms with Crippen LogP contribution in [0.2, 0.25) is 0 Å². The van der Waals surface area contributed by atoms with Crippen LogP contribution in [0.5, 0.6) is 0 Å². The van der Waals surface area contributed by atoms with E-state index in [-0.39, 0.29) is 7.33 Å². The van der Waals surface area contributed by atoms with E-state index in [9.17, 15) is 4.79 Å². The lowest BCUT2D eigenvalue weighted by atomic mass is 10.0. The van der Waals surface area contributed by atoms with E-state index in [0.717, 1.165) is 5.56 Å². The van der Waals surface area contributed by atoms with Gasteiger partial charge in [-0.3, -0.25) is 4.79 Å². The van der Waals surface area contributed by atoms with Crippen molar-refractivity contribution in [3.63, 3.8) is 0 Å². The molecule has 0 saturated carbocycles. The first-order valence-corrected chi connectivity index (χ1v) is 6.59. The average molecular weight is 255 g/mol. The van der Waals surface area contributed by atoms with Crippen LogP contribution in [0.4, 0.5) is 0 Å². The van der Waals surface area contributed by atoms with Gasteiger partial charge in [0.15, 0.2) is 0 Å². The Morgan fingerprint density at radius 2 is 1.68 bits per heavy atom. The molecule has 0 aliphatic carbocycles. The number of hydrogen-bond acceptors (Lipinski definition) is 1. The van der Waals surface area contributed by atoms with Crippen molar-refractivity contribution in [3.8, 4) is 0 Å². The fourth-order valence-electron chi connectivity index (χ4n) is 1.90. The minimum atomic E-state index is -0.0286. The lowest BCUT2D eigenvalue weighted by Crippen LogP contribution is -2.22. The first-order chi connectivity index (χ1) is 9.16. The summed E-state index contributed by atoms with van der Waals surface area (Å²) in [6.07, 6.45) is 0. The minimum absolute atomic E-state index is 0. The minimum Gasteiger partial charge on any atom is -0.348 e. The van der Waals surface area contributed by atoms with Crippen LogP contribution in [0.15, 0.2) is 54.6 Å². The van der Waals surface area contributed by atoms with Crippen LogP contribution in [-0.4, -0.2) is 5.91 Å². The molecule has 0 unspecified atom stereocenters. The van der Waals surface area contributed by atoms with Gasteiger partial charge in [0, 0.05) is 13.5 Å². The van der Waals surface area contributed by atoms with E-state index in [1.54, 1.807) is 0 Å². The van der Waals surface area contributed by atoms with Crippen molar-refractivity contribution >= 4 is 5.91 Å². The Morgan fingerprint density at radius 3 is 2.26 bits per heavy atom. The maximum absolute atomic E-state index is 12.0. The van der Waals surface area contributed by atoms with Gasteiger partial charge in [-0.2, -0.15) is 0 Å². The largest absolute Gasteiger partial charge is 0.348 e. The summed E-state index contributed by atoms with van der Waals surface area (Å²) < 4.78 is 0. The molecule has 0 heterocycles. The summed E-state index contributed by atoms with van der Waals surface area (Å²) in [5, 5.41) is 2.92. The molecular weight excluding hydrogens is 234 g/mol. The molecule has 2 heteroatoms. The molecule has 19 heavy (non-hydrogen) atoms. The van der Waals surface area contributed by atoms with Gasteiger partial charge in [-0.05, 0) is 29.2 Å². The highest BCUT2D eigenvalue weighted by Gasteiger charge is 2.06. The zero-order valence-corrected chi connectivity index (χ0v) is 11.4. The van der Waals surface area contributed by atoms with Crippen LogP contribution in [0.25, 0.3) is 0 Å². The standard InChI is InChI=1S/C17H19NO.H2/c1-13(2)15-8-10-16(11-9-15)17(19)18-12-14-6-4-3-5-7-14;/h3-11,13H,12H2,1-2H3,(H,18,19);1H. The van der Waals surface area contributed by atoms with Crippen LogP contribution in [-0.2, 0) is 6.54 Å². The second-order valence-corrected chi connectivity index (χ2v) is 4.94. The monoisotopic (exact) mass is 255 g/mol. The number of carbonyl (C=O) groups is 1. The Bertz CT molecular complexity index is 535. The predicted molar refractivity (Wildman–Crippen MR) is 80.3 cm³/mol. The molecular formula is C17H21NO. The molecule has 1 N–H and O–H groups in total.